The molecule has 0 saturated heterocycles. The molecule has 4 rings (SSSR count). The van der Waals surface area contributed by atoms with Crippen molar-refractivity contribution >= 4 is 28.3 Å². The Bertz CT molecular complexity index is 1270. The molecule has 1 unspecified atom stereocenters. The predicted molar refractivity (Wildman–Crippen MR) is 137 cm³/mol. The third-order valence-corrected chi connectivity index (χ3v) is 7.13. The molecule has 1 aliphatic heterocycles. The summed E-state index contributed by atoms with van der Waals surface area (Å²) in [6.45, 7) is 5.45. The van der Waals surface area contributed by atoms with Gasteiger partial charge in [0, 0.05) is 35.8 Å². The average molecular weight is 505 g/mol. The molecule has 0 bridgehead atoms. The van der Waals surface area contributed by atoms with E-state index < -0.39 is 6.09 Å². The van der Waals surface area contributed by atoms with Crippen LogP contribution in [0, 0.1) is 11.3 Å². The summed E-state index contributed by atoms with van der Waals surface area (Å²) < 4.78 is 11.0. The van der Waals surface area contributed by atoms with Crippen LogP contribution in [0.1, 0.15) is 53.3 Å². The summed E-state index contributed by atoms with van der Waals surface area (Å²) in [4.78, 5) is 32.0. The van der Waals surface area contributed by atoms with Gasteiger partial charge in [-0.3, -0.25) is 9.78 Å². The van der Waals surface area contributed by atoms with E-state index in [0.29, 0.717) is 36.7 Å². The molecule has 2 aromatic heterocycles. The Morgan fingerprint density at radius 2 is 2.17 bits per heavy atom. The molecular weight excluding hydrogens is 476 g/mol. The van der Waals surface area contributed by atoms with E-state index in [1.807, 2.05) is 44.2 Å². The standard InChI is InChI=1S/C27H28N4O4S/c1-3-34-21-8-4-7-20(13-21)18(2)12-25(32)30-26-23(14-28)22-9-11-31(16-24(22)36-26)27(33)35-17-19-6-5-10-29-15-19/h4-8,10,13,15,18H,3,9,11-12,16-17H2,1-2H3,(H,30,32). The molecule has 186 valence electrons. The normalized spacial score (nSPS) is 13.3. The summed E-state index contributed by atoms with van der Waals surface area (Å²) in [5.74, 6) is 0.603. The van der Waals surface area contributed by atoms with Gasteiger partial charge in [-0.15, -0.1) is 11.3 Å². The van der Waals surface area contributed by atoms with Gasteiger partial charge < -0.3 is 19.7 Å². The van der Waals surface area contributed by atoms with Crippen LogP contribution in [-0.4, -0.2) is 35.0 Å². The van der Waals surface area contributed by atoms with Crippen molar-refractivity contribution in [1.29, 1.82) is 5.26 Å². The maximum absolute atomic E-state index is 12.8. The molecule has 1 aromatic carbocycles. The molecule has 0 fully saturated rings. The number of carbonyl (C=O) groups excluding carboxylic acids is 2. The first kappa shape index (κ1) is 25.2. The lowest BCUT2D eigenvalue weighted by atomic mass is 9.97. The summed E-state index contributed by atoms with van der Waals surface area (Å²) in [6, 6.07) is 13.6. The number of ether oxygens (including phenoxy) is 2. The van der Waals surface area contributed by atoms with Gasteiger partial charge in [-0.1, -0.05) is 25.1 Å². The number of nitrogens with one attached hydrogen (secondary N) is 1. The van der Waals surface area contributed by atoms with Crippen molar-refractivity contribution in [1.82, 2.24) is 9.88 Å². The number of anilines is 1. The molecular formula is C27H28N4O4S. The van der Waals surface area contributed by atoms with Crippen LogP contribution in [0.2, 0.25) is 0 Å². The van der Waals surface area contributed by atoms with Crippen LogP contribution in [-0.2, 0) is 29.1 Å². The van der Waals surface area contributed by atoms with Crippen molar-refractivity contribution in [3.8, 4) is 11.8 Å². The Hall–Kier alpha value is -3.90. The predicted octanol–water partition coefficient (Wildman–Crippen LogP) is 5.24. The third-order valence-electron chi connectivity index (χ3n) is 5.99. The fraction of sp³-hybridized carbons (Fsp3) is 0.333. The van der Waals surface area contributed by atoms with Crippen LogP contribution in [0.3, 0.4) is 0 Å². The number of aromatic nitrogens is 1. The van der Waals surface area contributed by atoms with Crippen molar-refractivity contribution in [3.63, 3.8) is 0 Å². The molecule has 8 nitrogen and oxygen atoms in total. The summed E-state index contributed by atoms with van der Waals surface area (Å²) in [5.41, 5.74) is 3.21. The Morgan fingerprint density at radius 3 is 2.92 bits per heavy atom. The number of nitriles is 1. The number of thiophene rings is 1. The van der Waals surface area contributed by atoms with Crippen molar-refractivity contribution < 1.29 is 19.1 Å². The molecule has 0 aliphatic carbocycles. The summed E-state index contributed by atoms with van der Waals surface area (Å²) >= 11 is 1.35. The molecule has 1 atom stereocenters. The van der Waals surface area contributed by atoms with Crippen LogP contribution < -0.4 is 10.1 Å². The van der Waals surface area contributed by atoms with Crippen LogP contribution in [0.5, 0.6) is 5.75 Å². The lowest BCUT2D eigenvalue weighted by Crippen LogP contribution is -2.35. The number of benzene rings is 1. The van der Waals surface area contributed by atoms with Crippen LogP contribution >= 0.6 is 11.3 Å². The molecule has 0 radical (unpaired) electrons. The summed E-state index contributed by atoms with van der Waals surface area (Å²) in [6.07, 6.45) is 3.72. The Balaban J connectivity index is 1.38. The van der Waals surface area contributed by atoms with Gasteiger partial charge in [0.15, 0.2) is 0 Å². The molecule has 1 N–H and O–H groups in total. The fourth-order valence-electron chi connectivity index (χ4n) is 4.14. The SMILES string of the molecule is CCOc1cccc(C(C)CC(=O)Nc2sc3c(c2C#N)CCN(C(=O)OCc2cccnc2)C3)c1. The second-order valence-electron chi connectivity index (χ2n) is 8.57. The van der Waals surface area contributed by atoms with E-state index in [0.717, 1.165) is 27.3 Å². The van der Waals surface area contributed by atoms with Crippen LogP contribution in [0.15, 0.2) is 48.8 Å². The van der Waals surface area contributed by atoms with E-state index in [4.69, 9.17) is 9.47 Å². The highest BCUT2D eigenvalue weighted by molar-refractivity contribution is 7.16. The van der Waals surface area contributed by atoms with Crippen LogP contribution in [0.4, 0.5) is 9.80 Å². The lowest BCUT2D eigenvalue weighted by molar-refractivity contribution is -0.116. The van der Waals surface area contributed by atoms with Gasteiger partial charge in [-0.05, 0) is 48.6 Å². The third kappa shape index (κ3) is 6.01. The average Bonchev–Trinajstić information content (AvgIpc) is 3.24. The molecule has 3 heterocycles. The van der Waals surface area contributed by atoms with Crippen LogP contribution in [0.25, 0.3) is 0 Å². The minimum absolute atomic E-state index is 0.0180. The van der Waals surface area contributed by atoms with E-state index in [9.17, 15) is 14.9 Å². The van der Waals surface area contributed by atoms with Gasteiger partial charge in [-0.25, -0.2) is 4.79 Å². The smallest absolute Gasteiger partial charge is 0.410 e. The molecule has 9 heteroatoms. The number of hydrogen-bond donors (Lipinski definition) is 1. The van der Waals surface area contributed by atoms with Crippen molar-refractivity contribution in [2.75, 3.05) is 18.5 Å². The maximum atomic E-state index is 12.8. The highest BCUT2D eigenvalue weighted by atomic mass is 32.1. The maximum Gasteiger partial charge on any atom is 0.410 e. The minimum atomic E-state index is -0.412. The van der Waals surface area contributed by atoms with Gasteiger partial charge in [0.1, 0.15) is 23.4 Å². The second-order valence-corrected chi connectivity index (χ2v) is 9.67. The first-order valence-corrected chi connectivity index (χ1v) is 12.7. The zero-order valence-corrected chi connectivity index (χ0v) is 21.1. The molecule has 0 saturated carbocycles. The molecule has 2 amide bonds. The fourth-order valence-corrected chi connectivity index (χ4v) is 5.37. The van der Waals surface area contributed by atoms with Crippen molar-refractivity contribution in [2.45, 2.75) is 45.8 Å². The Labute approximate surface area is 214 Å². The molecule has 1 aliphatic rings. The number of amides is 2. The van der Waals surface area contributed by atoms with E-state index in [1.54, 1.807) is 23.4 Å². The minimum Gasteiger partial charge on any atom is -0.494 e. The summed E-state index contributed by atoms with van der Waals surface area (Å²) in [5, 5.41) is 13.3. The number of nitrogens with zero attached hydrogens (tertiary/aromatic N) is 3. The molecule has 3 aromatic rings. The monoisotopic (exact) mass is 504 g/mol. The molecule has 0 spiro atoms. The van der Waals surface area contributed by atoms with Gasteiger partial charge in [0.2, 0.25) is 5.91 Å². The largest absolute Gasteiger partial charge is 0.494 e. The number of carbonyl (C=O) groups is 2. The van der Waals surface area contributed by atoms with E-state index in [-0.39, 0.29) is 24.9 Å². The zero-order valence-electron chi connectivity index (χ0n) is 20.3. The Kier molecular flexibility index (Phi) is 8.18. The quantitative estimate of drug-likeness (QED) is 0.450. The van der Waals surface area contributed by atoms with Gasteiger partial charge in [0.05, 0.1) is 18.7 Å². The summed E-state index contributed by atoms with van der Waals surface area (Å²) in [7, 11) is 0. The molecule has 36 heavy (non-hydrogen) atoms. The van der Waals surface area contributed by atoms with Gasteiger partial charge in [0.25, 0.3) is 0 Å². The number of rotatable bonds is 8. The van der Waals surface area contributed by atoms with Gasteiger partial charge >= 0.3 is 6.09 Å². The first-order valence-electron chi connectivity index (χ1n) is 11.9. The first-order chi connectivity index (χ1) is 17.5. The van der Waals surface area contributed by atoms with Gasteiger partial charge in [-0.2, -0.15) is 5.26 Å². The Morgan fingerprint density at radius 1 is 1.31 bits per heavy atom. The second kappa shape index (κ2) is 11.7. The van der Waals surface area contributed by atoms with Crippen molar-refractivity contribution in [3.05, 3.63) is 75.9 Å². The van der Waals surface area contributed by atoms with E-state index in [2.05, 4.69) is 16.4 Å². The lowest BCUT2D eigenvalue weighted by Gasteiger charge is -2.26. The van der Waals surface area contributed by atoms with E-state index >= 15 is 0 Å². The number of fused-ring (bicyclic) bond motifs is 1. The highest BCUT2D eigenvalue weighted by Crippen LogP contribution is 2.37. The zero-order chi connectivity index (χ0) is 25.5. The topological polar surface area (TPSA) is 105 Å². The van der Waals surface area contributed by atoms with Crippen molar-refractivity contribution in [2.24, 2.45) is 0 Å². The number of hydrogen-bond acceptors (Lipinski definition) is 7. The van der Waals surface area contributed by atoms with E-state index in [1.165, 1.54) is 11.3 Å². The highest BCUT2D eigenvalue weighted by Gasteiger charge is 2.28. The number of pyridine rings is 1.